The maximum atomic E-state index is 4.02. The SMILES string of the molecule is CC1CCCC(C)C1N[C@@H](C)C1CCCCCC1. The Morgan fingerprint density at radius 1 is 0.778 bits per heavy atom. The summed E-state index contributed by atoms with van der Waals surface area (Å²) in [6, 6.07) is 1.51. The van der Waals surface area contributed by atoms with Crippen LogP contribution in [0.1, 0.15) is 78.6 Å². The first-order valence-corrected chi connectivity index (χ1v) is 8.44. The topological polar surface area (TPSA) is 12.0 Å². The molecule has 2 rings (SSSR count). The highest BCUT2D eigenvalue weighted by Crippen LogP contribution is 2.31. The van der Waals surface area contributed by atoms with Crippen LogP contribution in [0.5, 0.6) is 0 Å². The van der Waals surface area contributed by atoms with Gasteiger partial charge in [-0.05, 0) is 50.4 Å². The monoisotopic (exact) mass is 251 g/mol. The van der Waals surface area contributed by atoms with E-state index in [4.69, 9.17) is 0 Å². The van der Waals surface area contributed by atoms with Gasteiger partial charge in [0.15, 0.2) is 0 Å². The van der Waals surface area contributed by atoms with Crippen molar-refractivity contribution >= 4 is 0 Å². The van der Waals surface area contributed by atoms with Crippen LogP contribution in [-0.2, 0) is 0 Å². The minimum atomic E-state index is 0.732. The average molecular weight is 251 g/mol. The summed E-state index contributed by atoms with van der Waals surface area (Å²) in [7, 11) is 0. The van der Waals surface area contributed by atoms with Crippen molar-refractivity contribution in [1.82, 2.24) is 5.32 Å². The van der Waals surface area contributed by atoms with Gasteiger partial charge < -0.3 is 5.32 Å². The number of nitrogens with one attached hydrogen (secondary N) is 1. The van der Waals surface area contributed by atoms with E-state index < -0.39 is 0 Å². The summed E-state index contributed by atoms with van der Waals surface area (Å²) in [6.07, 6.45) is 13.1. The predicted molar refractivity (Wildman–Crippen MR) is 79.8 cm³/mol. The van der Waals surface area contributed by atoms with Gasteiger partial charge in [0, 0.05) is 12.1 Å². The highest BCUT2D eigenvalue weighted by Gasteiger charge is 2.30. The highest BCUT2D eigenvalue weighted by molar-refractivity contribution is 4.87. The molecule has 0 spiro atoms. The standard InChI is InChI=1S/C17H33N/c1-13-9-8-10-14(2)17(13)18-15(3)16-11-6-4-5-7-12-16/h13-18H,4-12H2,1-3H3/t13?,14?,15-,17?/m0/s1. The van der Waals surface area contributed by atoms with E-state index >= 15 is 0 Å². The first-order valence-electron chi connectivity index (χ1n) is 8.44. The lowest BCUT2D eigenvalue weighted by molar-refractivity contribution is 0.174. The van der Waals surface area contributed by atoms with Gasteiger partial charge in [-0.25, -0.2) is 0 Å². The fourth-order valence-corrected chi connectivity index (χ4v) is 4.26. The second-order valence-electron chi connectivity index (χ2n) is 7.12. The van der Waals surface area contributed by atoms with Crippen LogP contribution in [0.15, 0.2) is 0 Å². The van der Waals surface area contributed by atoms with E-state index in [1.807, 2.05) is 0 Å². The zero-order valence-electron chi connectivity index (χ0n) is 12.8. The third kappa shape index (κ3) is 3.73. The van der Waals surface area contributed by atoms with Gasteiger partial charge in [0.05, 0.1) is 0 Å². The molecule has 3 atom stereocenters. The van der Waals surface area contributed by atoms with Gasteiger partial charge in [-0.1, -0.05) is 46.0 Å². The fourth-order valence-electron chi connectivity index (χ4n) is 4.26. The Morgan fingerprint density at radius 3 is 1.89 bits per heavy atom. The molecule has 2 fully saturated rings. The number of hydrogen-bond acceptors (Lipinski definition) is 1. The summed E-state index contributed by atoms with van der Waals surface area (Å²) >= 11 is 0. The Kier molecular flexibility index (Phi) is 5.54. The molecule has 0 heterocycles. The Balaban J connectivity index is 1.86. The quantitative estimate of drug-likeness (QED) is 0.713. The lowest BCUT2D eigenvalue weighted by Gasteiger charge is -2.39. The molecule has 1 N–H and O–H groups in total. The normalized spacial score (nSPS) is 37.2. The summed E-state index contributed by atoms with van der Waals surface area (Å²) in [5, 5.41) is 4.02. The maximum Gasteiger partial charge on any atom is 0.0121 e. The fraction of sp³-hybridized carbons (Fsp3) is 1.00. The van der Waals surface area contributed by atoms with Gasteiger partial charge in [0.25, 0.3) is 0 Å². The van der Waals surface area contributed by atoms with Crippen LogP contribution in [0, 0.1) is 17.8 Å². The average Bonchev–Trinajstić information content (AvgIpc) is 2.62. The molecule has 0 aromatic rings. The molecule has 0 aromatic carbocycles. The molecule has 0 bridgehead atoms. The van der Waals surface area contributed by atoms with Crippen LogP contribution in [0.25, 0.3) is 0 Å². The molecule has 2 unspecified atom stereocenters. The Morgan fingerprint density at radius 2 is 1.33 bits per heavy atom. The first kappa shape index (κ1) is 14.4. The lowest BCUT2D eigenvalue weighted by Crippen LogP contribution is -2.49. The van der Waals surface area contributed by atoms with Gasteiger partial charge in [-0.15, -0.1) is 0 Å². The molecular weight excluding hydrogens is 218 g/mol. The molecule has 0 radical (unpaired) electrons. The summed E-state index contributed by atoms with van der Waals surface area (Å²) in [6.45, 7) is 7.35. The molecule has 0 aliphatic heterocycles. The predicted octanol–water partition coefficient (Wildman–Crippen LogP) is 4.76. The molecule has 2 aliphatic rings. The zero-order valence-corrected chi connectivity index (χ0v) is 12.8. The molecule has 18 heavy (non-hydrogen) atoms. The summed E-state index contributed by atoms with van der Waals surface area (Å²) in [5.41, 5.74) is 0. The summed E-state index contributed by atoms with van der Waals surface area (Å²) < 4.78 is 0. The molecular formula is C17H33N. The van der Waals surface area contributed by atoms with Crippen LogP contribution in [0.4, 0.5) is 0 Å². The molecule has 1 nitrogen and oxygen atoms in total. The van der Waals surface area contributed by atoms with Gasteiger partial charge in [0.2, 0.25) is 0 Å². The molecule has 1 heteroatoms. The third-order valence-electron chi connectivity index (χ3n) is 5.61. The minimum absolute atomic E-state index is 0.732. The largest absolute Gasteiger partial charge is 0.311 e. The van der Waals surface area contributed by atoms with Gasteiger partial charge in [-0.2, -0.15) is 0 Å². The van der Waals surface area contributed by atoms with E-state index in [0.29, 0.717) is 0 Å². The summed E-state index contributed by atoms with van der Waals surface area (Å²) in [5.74, 6) is 2.69. The van der Waals surface area contributed by atoms with Crippen molar-refractivity contribution in [1.29, 1.82) is 0 Å². The van der Waals surface area contributed by atoms with Crippen molar-refractivity contribution in [2.45, 2.75) is 90.6 Å². The van der Waals surface area contributed by atoms with E-state index in [0.717, 1.165) is 29.8 Å². The number of hydrogen-bond donors (Lipinski definition) is 1. The Labute approximate surface area is 114 Å². The molecule has 2 saturated carbocycles. The van der Waals surface area contributed by atoms with Crippen LogP contribution in [0.3, 0.4) is 0 Å². The smallest absolute Gasteiger partial charge is 0.0121 e. The Bertz CT molecular complexity index is 220. The molecule has 0 amide bonds. The lowest BCUT2D eigenvalue weighted by atomic mass is 9.77. The van der Waals surface area contributed by atoms with E-state index in [2.05, 4.69) is 26.1 Å². The molecule has 106 valence electrons. The van der Waals surface area contributed by atoms with Gasteiger partial charge >= 0.3 is 0 Å². The first-order chi connectivity index (χ1) is 8.68. The van der Waals surface area contributed by atoms with E-state index in [9.17, 15) is 0 Å². The molecule has 0 aromatic heterocycles. The van der Waals surface area contributed by atoms with Crippen molar-refractivity contribution in [3.63, 3.8) is 0 Å². The van der Waals surface area contributed by atoms with Crippen LogP contribution >= 0.6 is 0 Å². The van der Waals surface area contributed by atoms with Crippen molar-refractivity contribution in [3.8, 4) is 0 Å². The van der Waals surface area contributed by atoms with E-state index in [-0.39, 0.29) is 0 Å². The number of rotatable bonds is 3. The molecule has 2 aliphatic carbocycles. The van der Waals surface area contributed by atoms with Gasteiger partial charge in [-0.3, -0.25) is 0 Å². The van der Waals surface area contributed by atoms with Crippen molar-refractivity contribution in [2.75, 3.05) is 0 Å². The zero-order chi connectivity index (χ0) is 13.0. The minimum Gasteiger partial charge on any atom is -0.311 e. The van der Waals surface area contributed by atoms with Gasteiger partial charge in [0.1, 0.15) is 0 Å². The maximum absolute atomic E-state index is 4.02. The van der Waals surface area contributed by atoms with Crippen LogP contribution in [0.2, 0.25) is 0 Å². The summed E-state index contributed by atoms with van der Waals surface area (Å²) in [4.78, 5) is 0. The van der Waals surface area contributed by atoms with E-state index in [1.54, 1.807) is 0 Å². The Hall–Kier alpha value is -0.0400. The van der Waals surface area contributed by atoms with Crippen LogP contribution in [-0.4, -0.2) is 12.1 Å². The van der Waals surface area contributed by atoms with Crippen LogP contribution < -0.4 is 5.32 Å². The van der Waals surface area contributed by atoms with E-state index in [1.165, 1.54) is 57.8 Å². The van der Waals surface area contributed by atoms with Crippen molar-refractivity contribution in [3.05, 3.63) is 0 Å². The highest BCUT2D eigenvalue weighted by atomic mass is 15.0. The third-order valence-corrected chi connectivity index (χ3v) is 5.61. The van der Waals surface area contributed by atoms with Crippen molar-refractivity contribution < 1.29 is 0 Å². The second kappa shape index (κ2) is 6.93. The molecule has 0 saturated heterocycles. The second-order valence-corrected chi connectivity index (χ2v) is 7.12. The van der Waals surface area contributed by atoms with Crippen molar-refractivity contribution in [2.24, 2.45) is 17.8 Å².